The van der Waals surface area contributed by atoms with E-state index < -0.39 is 5.60 Å². The van der Waals surface area contributed by atoms with E-state index in [2.05, 4.69) is 0 Å². The summed E-state index contributed by atoms with van der Waals surface area (Å²) in [5.41, 5.74) is -0.781. The van der Waals surface area contributed by atoms with Gasteiger partial charge in [0, 0.05) is 39.6 Å². The number of rotatable bonds is 5. The van der Waals surface area contributed by atoms with Crippen molar-refractivity contribution in [1.82, 2.24) is 4.90 Å². The lowest BCUT2D eigenvalue weighted by Crippen LogP contribution is -2.47. The number of thioether (sulfide) groups is 1. The predicted octanol–water partition coefficient (Wildman–Crippen LogP) is 1.84. The summed E-state index contributed by atoms with van der Waals surface area (Å²) in [4.78, 5) is 13.7. The van der Waals surface area contributed by atoms with Crippen molar-refractivity contribution in [2.24, 2.45) is 0 Å². The molecule has 6 heteroatoms. The topological polar surface area (TPSA) is 49.8 Å². The van der Waals surface area contributed by atoms with Crippen molar-refractivity contribution in [3.05, 3.63) is 17.5 Å². The fourth-order valence-corrected chi connectivity index (χ4v) is 3.75. The zero-order valence-electron chi connectivity index (χ0n) is 11.0. The molecule has 19 heavy (non-hydrogen) atoms. The van der Waals surface area contributed by atoms with E-state index in [1.807, 2.05) is 17.5 Å². The second-order valence-electron chi connectivity index (χ2n) is 4.81. The van der Waals surface area contributed by atoms with Gasteiger partial charge in [-0.25, -0.2) is 0 Å². The Morgan fingerprint density at radius 2 is 2.32 bits per heavy atom. The Labute approximate surface area is 121 Å². The van der Waals surface area contributed by atoms with E-state index in [0.717, 1.165) is 4.21 Å². The molecule has 0 atom stereocenters. The van der Waals surface area contributed by atoms with Gasteiger partial charge >= 0.3 is 0 Å². The summed E-state index contributed by atoms with van der Waals surface area (Å²) in [5.74, 6) is 0.474. The molecule has 1 aromatic rings. The average molecular weight is 301 g/mol. The van der Waals surface area contributed by atoms with Gasteiger partial charge in [0.05, 0.1) is 15.6 Å². The van der Waals surface area contributed by atoms with Crippen LogP contribution in [0.1, 0.15) is 12.8 Å². The zero-order valence-corrected chi connectivity index (χ0v) is 12.6. The van der Waals surface area contributed by atoms with Crippen LogP contribution in [0.25, 0.3) is 0 Å². The maximum atomic E-state index is 12.0. The van der Waals surface area contributed by atoms with Gasteiger partial charge in [-0.1, -0.05) is 6.07 Å². The zero-order chi connectivity index (χ0) is 13.7. The van der Waals surface area contributed by atoms with Gasteiger partial charge in [0.15, 0.2) is 0 Å². The smallest absolute Gasteiger partial charge is 0.232 e. The van der Waals surface area contributed by atoms with E-state index in [9.17, 15) is 9.90 Å². The molecule has 0 aliphatic carbocycles. The van der Waals surface area contributed by atoms with Crippen molar-refractivity contribution >= 4 is 29.0 Å². The number of aliphatic hydroxyl groups is 1. The van der Waals surface area contributed by atoms with Crippen LogP contribution in [-0.4, -0.2) is 54.1 Å². The highest BCUT2D eigenvalue weighted by molar-refractivity contribution is 8.01. The van der Waals surface area contributed by atoms with Gasteiger partial charge in [0.25, 0.3) is 0 Å². The van der Waals surface area contributed by atoms with Crippen LogP contribution >= 0.6 is 23.1 Å². The molecule has 0 unspecified atom stereocenters. The van der Waals surface area contributed by atoms with Crippen LogP contribution in [0.3, 0.4) is 0 Å². The minimum absolute atomic E-state index is 0.0540. The van der Waals surface area contributed by atoms with Gasteiger partial charge in [-0.15, -0.1) is 23.1 Å². The van der Waals surface area contributed by atoms with Crippen molar-refractivity contribution in [3.63, 3.8) is 0 Å². The standard InChI is InChI=1S/C13H19NO3S2/c1-14(10-13(16)4-6-17-7-5-13)11(15)9-19-12-3-2-8-18-12/h2-3,8,16H,4-7,9-10H2,1H3. The predicted molar refractivity (Wildman–Crippen MR) is 77.7 cm³/mol. The minimum atomic E-state index is -0.781. The quantitative estimate of drug-likeness (QED) is 0.843. The third-order valence-corrected chi connectivity index (χ3v) is 5.33. The molecule has 1 fully saturated rings. The van der Waals surface area contributed by atoms with Crippen LogP contribution in [0.2, 0.25) is 0 Å². The first-order valence-electron chi connectivity index (χ1n) is 6.29. The molecule has 0 radical (unpaired) electrons. The van der Waals surface area contributed by atoms with Gasteiger partial charge in [0.2, 0.25) is 5.91 Å². The summed E-state index contributed by atoms with van der Waals surface area (Å²) < 4.78 is 6.38. The van der Waals surface area contributed by atoms with Gasteiger partial charge in [0.1, 0.15) is 0 Å². The van der Waals surface area contributed by atoms with Crippen molar-refractivity contribution < 1.29 is 14.6 Å². The maximum Gasteiger partial charge on any atom is 0.232 e. The molecule has 1 aliphatic heterocycles. The molecule has 106 valence electrons. The number of amides is 1. The Morgan fingerprint density at radius 1 is 1.58 bits per heavy atom. The van der Waals surface area contributed by atoms with E-state index >= 15 is 0 Å². The summed E-state index contributed by atoms with van der Waals surface area (Å²) in [5, 5.41) is 12.4. The first-order chi connectivity index (χ1) is 9.09. The lowest BCUT2D eigenvalue weighted by molar-refractivity contribution is -0.134. The molecule has 2 heterocycles. The van der Waals surface area contributed by atoms with Gasteiger partial charge in [-0.05, 0) is 11.4 Å². The number of likely N-dealkylation sites (N-methyl/N-ethyl adjacent to an activating group) is 1. The number of thiophene rings is 1. The monoisotopic (exact) mass is 301 g/mol. The molecule has 1 N–H and O–H groups in total. The van der Waals surface area contributed by atoms with Crippen molar-refractivity contribution in [3.8, 4) is 0 Å². The number of hydrogen-bond donors (Lipinski definition) is 1. The number of nitrogens with zero attached hydrogens (tertiary/aromatic N) is 1. The number of hydrogen-bond acceptors (Lipinski definition) is 5. The van der Waals surface area contributed by atoms with Crippen molar-refractivity contribution in [2.45, 2.75) is 22.7 Å². The fraction of sp³-hybridized carbons (Fsp3) is 0.615. The molecule has 0 bridgehead atoms. The van der Waals surface area contributed by atoms with E-state index in [4.69, 9.17) is 4.74 Å². The normalized spacial score (nSPS) is 18.2. The Hall–Kier alpha value is -0.560. The van der Waals surface area contributed by atoms with Gasteiger partial charge in [-0.2, -0.15) is 0 Å². The van der Waals surface area contributed by atoms with E-state index in [1.165, 1.54) is 0 Å². The first-order valence-corrected chi connectivity index (χ1v) is 8.16. The molecule has 1 saturated heterocycles. The van der Waals surface area contributed by atoms with Crippen LogP contribution in [-0.2, 0) is 9.53 Å². The highest BCUT2D eigenvalue weighted by Gasteiger charge is 2.32. The lowest BCUT2D eigenvalue weighted by Gasteiger charge is -2.35. The second kappa shape index (κ2) is 6.74. The molecule has 0 spiro atoms. The number of carbonyl (C=O) groups excluding carboxylic acids is 1. The van der Waals surface area contributed by atoms with E-state index in [1.54, 1.807) is 35.0 Å². The Balaban J connectivity index is 1.78. The average Bonchev–Trinajstić information content (AvgIpc) is 2.89. The molecule has 4 nitrogen and oxygen atoms in total. The highest BCUT2D eigenvalue weighted by Crippen LogP contribution is 2.25. The van der Waals surface area contributed by atoms with Crippen LogP contribution < -0.4 is 0 Å². The molecular formula is C13H19NO3S2. The van der Waals surface area contributed by atoms with Crippen LogP contribution in [0.4, 0.5) is 0 Å². The number of carbonyl (C=O) groups is 1. The molecule has 0 aromatic carbocycles. The first kappa shape index (κ1) is 14.8. The van der Waals surface area contributed by atoms with E-state index in [0.29, 0.717) is 38.4 Å². The van der Waals surface area contributed by atoms with Crippen molar-refractivity contribution in [2.75, 3.05) is 32.6 Å². The molecule has 2 rings (SSSR count). The Bertz CT molecular complexity index is 402. The molecule has 0 saturated carbocycles. The third-order valence-electron chi connectivity index (χ3n) is 3.21. The van der Waals surface area contributed by atoms with Crippen LogP contribution in [0, 0.1) is 0 Å². The van der Waals surface area contributed by atoms with Crippen LogP contribution in [0.15, 0.2) is 21.7 Å². The van der Waals surface area contributed by atoms with Crippen molar-refractivity contribution in [1.29, 1.82) is 0 Å². The molecule has 1 amide bonds. The summed E-state index contributed by atoms with van der Waals surface area (Å²) in [6.45, 7) is 1.53. The third kappa shape index (κ3) is 4.49. The minimum Gasteiger partial charge on any atom is -0.388 e. The maximum absolute atomic E-state index is 12.0. The fourth-order valence-electron chi connectivity index (χ4n) is 2.03. The summed E-state index contributed by atoms with van der Waals surface area (Å²) >= 11 is 3.18. The SMILES string of the molecule is CN(CC1(O)CCOCC1)C(=O)CSc1cccs1. The number of ether oxygens (including phenoxy) is 1. The van der Waals surface area contributed by atoms with Gasteiger partial charge in [-0.3, -0.25) is 4.79 Å². The van der Waals surface area contributed by atoms with Crippen LogP contribution in [0.5, 0.6) is 0 Å². The van der Waals surface area contributed by atoms with E-state index in [-0.39, 0.29) is 5.91 Å². The summed E-state index contributed by atoms with van der Waals surface area (Å²) in [6, 6.07) is 3.99. The Morgan fingerprint density at radius 3 is 2.95 bits per heavy atom. The summed E-state index contributed by atoms with van der Waals surface area (Å²) in [6.07, 6.45) is 1.20. The molecule has 1 aliphatic rings. The molecule has 1 aromatic heterocycles. The highest BCUT2D eigenvalue weighted by atomic mass is 32.2. The summed E-state index contributed by atoms with van der Waals surface area (Å²) in [7, 11) is 1.75. The second-order valence-corrected chi connectivity index (χ2v) is 7.03. The van der Waals surface area contributed by atoms with Gasteiger partial charge < -0.3 is 14.7 Å². The largest absolute Gasteiger partial charge is 0.388 e. The lowest BCUT2D eigenvalue weighted by atomic mass is 9.94. The Kier molecular flexibility index (Phi) is 5.27. The molecular weight excluding hydrogens is 282 g/mol.